The van der Waals surface area contributed by atoms with E-state index < -0.39 is 0 Å². The van der Waals surface area contributed by atoms with E-state index in [0.29, 0.717) is 0 Å². The van der Waals surface area contributed by atoms with E-state index in [1.807, 2.05) is 32.0 Å². The molecule has 0 atom stereocenters. The van der Waals surface area contributed by atoms with Crippen LogP contribution in [-0.2, 0) is 0 Å². The average Bonchev–Trinajstić information content (AvgIpc) is 2.19. The molecule has 82 valence electrons. The number of urea groups is 1. The van der Waals surface area contributed by atoms with Crippen LogP contribution in [-0.4, -0.2) is 24.3 Å². The maximum absolute atomic E-state index is 11.3. The highest BCUT2D eigenvalue weighted by Crippen LogP contribution is 2.15. The Labute approximate surface area is 89.3 Å². The van der Waals surface area contributed by atoms with Gasteiger partial charge in [0.15, 0.2) is 0 Å². The van der Waals surface area contributed by atoms with Gasteiger partial charge in [0.05, 0.1) is 6.61 Å². The number of hydrogen-bond donors (Lipinski definition) is 3. The summed E-state index contributed by atoms with van der Waals surface area (Å²) in [7, 11) is 0. The first kappa shape index (κ1) is 11.5. The van der Waals surface area contributed by atoms with Crippen molar-refractivity contribution in [2.75, 3.05) is 18.5 Å². The highest BCUT2D eigenvalue weighted by Gasteiger charge is 2.02. The fourth-order valence-electron chi connectivity index (χ4n) is 1.29. The lowest BCUT2D eigenvalue weighted by Gasteiger charge is -2.09. The molecule has 0 aliphatic rings. The van der Waals surface area contributed by atoms with Gasteiger partial charge in [-0.2, -0.15) is 0 Å². The molecule has 0 heterocycles. The molecule has 1 aromatic rings. The Balaban J connectivity index is 2.60. The SMILES string of the molecule is Cc1ccc(NC(=O)NCCO)c(C)c1. The van der Waals surface area contributed by atoms with Crippen LogP contribution in [0.2, 0.25) is 0 Å². The van der Waals surface area contributed by atoms with Crippen LogP contribution in [0, 0.1) is 13.8 Å². The smallest absolute Gasteiger partial charge is 0.319 e. The van der Waals surface area contributed by atoms with Gasteiger partial charge in [-0.15, -0.1) is 0 Å². The second-order valence-corrected chi connectivity index (χ2v) is 3.42. The molecule has 15 heavy (non-hydrogen) atoms. The first-order valence-electron chi connectivity index (χ1n) is 4.86. The molecule has 0 aliphatic heterocycles. The van der Waals surface area contributed by atoms with E-state index >= 15 is 0 Å². The zero-order valence-corrected chi connectivity index (χ0v) is 9.00. The van der Waals surface area contributed by atoms with Crippen molar-refractivity contribution in [1.29, 1.82) is 0 Å². The van der Waals surface area contributed by atoms with E-state index in [0.717, 1.165) is 16.8 Å². The molecule has 0 unspecified atom stereocenters. The number of aryl methyl sites for hydroxylation is 2. The third-order valence-electron chi connectivity index (χ3n) is 2.03. The van der Waals surface area contributed by atoms with Crippen molar-refractivity contribution in [2.45, 2.75) is 13.8 Å². The minimum atomic E-state index is -0.295. The molecule has 3 N–H and O–H groups in total. The summed E-state index contributed by atoms with van der Waals surface area (Å²) in [6.45, 7) is 4.15. The maximum Gasteiger partial charge on any atom is 0.319 e. The molecular formula is C11H16N2O2. The number of anilines is 1. The molecule has 0 fully saturated rings. The quantitative estimate of drug-likeness (QED) is 0.703. The van der Waals surface area contributed by atoms with Crippen molar-refractivity contribution in [1.82, 2.24) is 5.32 Å². The van der Waals surface area contributed by atoms with Crippen LogP contribution in [0.1, 0.15) is 11.1 Å². The fourth-order valence-corrected chi connectivity index (χ4v) is 1.29. The Morgan fingerprint density at radius 1 is 1.40 bits per heavy atom. The number of benzene rings is 1. The van der Waals surface area contributed by atoms with E-state index in [-0.39, 0.29) is 19.2 Å². The van der Waals surface area contributed by atoms with Crippen LogP contribution in [0.25, 0.3) is 0 Å². The first-order chi connectivity index (χ1) is 7.13. The van der Waals surface area contributed by atoms with Crippen molar-refractivity contribution in [3.05, 3.63) is 29.3 Å². The molecule has 0 saturated heterocycles. The van der Waals surface area contributed by atoms with Gasteiger partial charge in [0, 0.05) is 12.2 Å². The highest BCUT2D eigenvalue weighted by atomic mass is 16.3. The van der Waals surface area contributed by atoms with Crippen LogP contribution in [0.5, 0.6) is 0 Å². The molecular weight excluding hydrogens is 192 g/mol. The molecule has 0 spiro atoms. The van der Waals surface area contributed by atoms with Gasteiger partial charge in [-0.3, -0.25) is 0 Å². The summed E-state index contributed by atoms with van der Waals surface area (Å²) in [5, 5.41) is 13.8. The summed E-state index contributed by atoms with van der Waals surface area (Å²) in [5.74, 6) is 0. The Morgan fingerprint density at radius 3 is 2.73 bits per heavy atom. The second-order valence-electron chi connectivity index (χ2n) is 3.42. The minimum Gasteiger partial charge on any atom is -0.395 e. The predicted molar refractivity (Wildman–Crippen MR) is 60.0 cm³/mol. The first-order valence-corrected chi connectivity index (χ1v) is 4.86. The Bertz CT molecular complexity index is 350. The monoisotopic (exact) mass is 208 g/mol. The van der Waals surface area contributed by atoms with Gasteiger partial charge in [0.1, 0.15) is 0 Å². The zero-order chi connectivity index (χ0) is 11.3. The summed E-state index contributed by atoms with van der Waals surface area (Å²) in [6, 6.07) is 5.51. The van der Waals surface area contributed by atoms with Gasteiger partial charge in [-0.25, -0.2) is 4.79 Å². The van der Waals surface area contributed by atoms with Crippen LogP contribution >= 0.6 is 0 Å². The standard InChI is InChI=1S/C11H16N2O2/c1-8-3-4-10(9(2)7-8)13-11(15)12-5-6-14/h3-4,7,14H,5-6H2,1-2H3,(H2,12,13,15). The zero-order valence-electron chi connectivity index (χ0n) is 9.00. The van der Waals surface area contributed by atoms with E-state index in [2.05, 4.69) is 10.6 Å². The van der Waals surface area contributed by atoms with Crippen LogP contribution in [0.15, 0.2) is 18.2 Å². The summed E-state index contributed by atoms with van der Waals surface area (Å²) < 4.78 is 0. The van der Waals surface area contributed by atoms with Crippen LogP contribution in [0.4, 0.5) is 10.5 Å². The molecule has 0 saturated carbocycles. The second kappa shape index (κ2) is 5.36. The van der Waals surface area contributed by atoms with Crippen LogP contribution < -0.4 is 10.6 Å². The number of nitrogens with one attached hydrogen (secondary N) is 2. The molecule has 4 heteroatoms. The number of hydrogen-bond acceptors (Lipinski definition) is 2. The lowest BCUT2D eigenvalue weighted by molar-refractivity contribution is 0.245. The number of rotatable bonds is 3. The molecule has 0 aliphatic carbocycles. The van der Waals surface area contributed by atoms with Crippen molar-refractivity contribution in [2.24, 2.45) is 0 Å². The summed E-state index contributed by atoms with van der Waals surface area (Å²) in [5.41, 5.74) is 2.97. The number of aliphatic hydroxyl groups is 1. The Morgan fingerprint density at radius 2 is 2.13 bits per heavy atom. The molecule has 4 nitrogen and oxygen atoms in total. The van der Waals surface area contributed by atoms with Crippen molar-refractivity contribution < 1.29 is 9.90 Å². The van der Waals surface area contributed by atoms with Crippen LogP contribution in [0.3, 0.4) is 0 Å². The lowest BCUT2D eigenvalue weighted by atomic mass is 10.1. The number of aliphatic hydroxyl groups excluding tert-OH is 1. The van der Waals surface area contributed by atoms with Gasteiger partial charge in [-0.1, -0.05) is 17.7 Å². The van der Waals surface area contributed by atoms with Gasteiger partial charge >= 0.3 is 6.03 Å². The van der Waals surface area contributed by atoms with E-state index in [1.54, 1.807) is 0 Å². The largest absolute Gasteiger partial charge is 0.395 e. The maximum atomic E-state index is 11.3. The Hall–Kier alpha value is -1.55. The van der Waals surface area contributed by atoms with E-state index in [1.165, 1.54) is 0 Å². The summed E-state index contributed by atoms with van der Waals surface area (Å²) in [4.78, 5) is 11.3. The molecule has 1 rings (SSSR count). The lowest BCUT2D eigenvalue weighted by Crippen LogP contribution is -2.31. The fraction of sp³-hybridized carbons (Fsp3) is 0.364. The topological polar surface area (TPSA) is 61.4 Å². The molecule has 2 amide bonds. The highest BCUT2D eigenvalue weighted by molar-refractivity contribution is 5.90. The van der Waals surface area contributed by atoms with Crippen molar-refractivity contribution >= 4 is 11.7 Å². The molecule has 0 aromatic heterocycles. The summed E-state index contributed by atoms with van der Waals surface area (Å²) in [6.07, 6.45) is 0. The number of carbonyl (C=O) groups is 1. The minimum absolute atomic E-state index is 0.0553. The third-order valence-corrected chi connectivity index (χ3v) is 2.03. The molecule has 0 radical (unpaired) electrons. The summed E-state index contributed by atoms with van der Waals surface area (Å²) >= 11 is 0. The predicted octanol–water partition coefficient (Wildman–Crippen LogP) is 1.42. The van der Waals surface area contributed by atoms with E-state index in [9.17, 15) is 4.79 Å². The van der Waals surface area contributed by atoms with E-state index in [4.69, 9.17) is 5.11 Å². The normalized spacial score (nSPS) is 9.80. The number of carbonyl (C=O) groups excluding carboxylic acids is 1. The molecule has 0 bridgehead atoms. The van der Waals surface area contributed by atoms with Crippen molar-refractivity contribution in [3.63, 3.8) is 0 Å². The Kier molecular flexibility index (Phi) is 4.12. The number of amides is 2. The third kappa shape index (κ3) is 3.59. The van der Waals surface area contributed by atoms with Gasteiger partial charge in [0.2, 0.25) is 0 Å². The van der Waals surface area contributed by atoms with Gasteiger partial charge < -0.3 is 15.7 Å². The van der Waals surface area contributed by atoms with Crippen molar-refractivity contribution in [3.8, 4) is 0 Å². The molecule has 1 aromatic carbocycles. The van der Waals surface area contributed by atoms with Gasteiger partial charge in [-0.05, 0) is 25.5 Å². The average molecular weight is 208 g/mol. The van der Waals surface area contributed by atoms with Gasteiger partial charge in [0.25, 0.3) is 0 Å².